The average molecular weight is 467 g/mol. The van der Waals surface area contributed by atoms with E-state index >= 15 is 0 Å². The summed E-state index contributed by atoms with van der Waals surface area (Å²) < 4.78 is 4.86. The van der Waals surface area contributed by atoms with Gasteiger partial charge in [-0.2, -0.15) is 0 Å². The van der Waals surface area contributed by atoms with E-state index in [0.29, 0.717) is 24.3 Å². The molecular weight excluding hydrogens is 440 g/mol. The summed E-state index contributed by atoms with van der Waals surface area (Å²) in [6.45, 7) is 6.75. The quantitative estimate of drug-likeness (QED) is 0.528. The van der Waals surface area contributed by atoms with E-state index in [1.165, 1.54) is 18.1 Å². The van der Waals surface area contributed by atoms with Crippen molar-refractivity contribution in [3.63, 3.8) is 0 Å². The second-order valence-corrected chi connectivity index (χ2v) is 8.51. The molecule has 1 aliphatic rings. The molecular formula is C26H27ClN2O4. The third-order valence-corrected chi connectivity index (χ3v) is 6.70. The van der Waals surface area contributed by atoms with Crippen molar-refractivity contribution in [3.8, 4) is 0 Å². The van der Waals surface area contributed by atoms with Crippen molar-refractivity contribution in [2.45, 2.75) is 19.4 Å². The number of hydrogen-bond acceptors (Lipinski definition) is 5. The minimum atomic E-state index is -1.96. The average Bonchev–Trinajstić information content (AvgIpc) is 3.06. The van der Waals surface area contributed by atoms with Crippen LogP contribution in [0.4, 0.5) is 5.69 Å². The van der Waals surface area contributed by atoms with Gasteiger partial charge in [0, 0.05) is 18.7 Å². The molecule has 3 aromatic rings. The molecule has 0 spiro atoms. The minimum absolute atomic E-state index is 0.141. The summed E-state index contributed by atoms with van der Waals surface area (Å²) in [5, 5.41) is 14.0. The van der Waals surface area contributed by atoms with Crippen molar-refractivity contribution >= 4 is 39.9 Å². The van der Waals surface area contributed by atoms with Gasteiger partial charge in [-0.15, -0.1) is 0 Å². The molecule has 4 rings (SSSR count). The monoisotopic (exact) mass is 466 g/mol. The molecule has 0 saturated carbocycles. The number of carbonyl (C=O) groups is 2. The van der Waals surface area contributed by atoms with Crippen LogP contribution in [0.2, 0.25) is 5.02 Å². The molecule has 1 heterocycles. The molecule has 1 amide bonds. The zero-order chi connectivity index (χ0) is 23.8. The van der Waals surface area contributed by atoms with Crippen LogP contribution in [0.15, 0.2) is 54.6 Å². The number of amides is 1. The Morgan fingerprint density at radius 1 is 1.09 bits per heavy atom. The molecule has 33 heavy (non-hydrogen) atoms. The number of hydrogen-bond donors (Lipinski definition) is 1. The predicted octanol–water partition coefficient (Wildman–Crippen LogP) is 4.20. The smallest absolute Gasteiger partial charge is 0.337 e. The first-order valence-electron chi connectivity index (χ1n) is 11.0. The Kier molecular flexibility index (Phi) is 6.43. The molecule has 172 valence electrons. The van der Waals surface area contributed by atoms with Gasteiger partial charge in [-0.1, -0.05) is 61.8 Å². The Labute approximate surface area is 198 Å². The molecule has 0 saturated heterocycles. The highest BCUT2D eigenvalue weighted by Crippen LogP contribution is 2.48. The Hall–Kier alpha value is -2.93. The molecule has 0 aromatic heterocycles. The molecule has 1 atom stereocenters. The first-order chi connectivity index (χ1) is 15.8. The molecule has 1 aliphatic heterocycles. The van der Waals surface area contributed by atoms with E-state index in [1.807, 2.05) is 36.4 Å². The van der Waals surface area contributed by atoms with Gasteiger partial charge in [0.15, 0.2) is 5.60 Å². The second-order valence-electron chi connectivity index (χ2n) is 8.10. The Balaban J connectivity index is 1.88. The van der Waals surface area contributed by atoms with Crippen LogP contribution in [-0.4, -0.2) is 55.2 Å². The fourth-order valence-electron chi connectivity index (χ4n) is 4.50. The van der Waals surface area contributed by atoms with Gasteiger partial charge in [0.2, 0.25) is 0 Å². The third kappa shape index (κ3) is 3.88. The van der Waals surface area contributed by atoms with Gasteiger partial charge in [-0.25, -0.2) is 4.79 Å². The van der Waals surface area contributed by atoms with Crippen molar-refractivity contribution in [1.82, 2.24) is 4.90 Å². The van der Waals surface area contributed by atoms with Crippen LogP contribution in [0.1, 0.15) is 35.3 Å². The first kappa shape index (κ1) is 23.2. The normalized spacial score (nSPS) is 17.6. The topological polar surface area (TPSA) is 70.1 Å². The zero-order valence-electron chi connectivity index (χ0n) is 19.0. The molecule has 6 nitrogen and oxygen atoms in total. The number of fused-ring (bicyclic) bond motifs is 2. The summed E-state index contributed by atoms with van der Waals surface area (Å²) in [6, 6.07) is 16.2. The van der Waals surface area contributed by atoms with Crippen molar-refractivity contribution in [2.75, 3.05) is 38.2 Å². The minimum Gasteiger partial charge on any atom is -0.465 e. The van der Waals surface area contributed by atoms with Gasteiger partial charge in [0.1, 0.15) is 0 Å². The number of nitrogens with zero attached hydrogens (tertiary/aromatic N) is 2. The number of esters is 1. The van der Waals surface area contributed by atoms with E-state index in [4.69, 9.17) is 16.3 Å². The van der Waals surface area contributed by atoms with Gasteiger partial charge in [0.25, 0.3) is 5.91 Å². The van der Waals surface area contributed by atoms with E-state index < -0.39 is 17.5 Å². The van der Waals surface area contributed by atoms with Crippen LogP contribution in [-0.2, 0) is 15.1 Å². The van der Waals surface area contributed by atoms with Crippen LogP contribution < -0.4 is 4.90 Å². The lowest BCUT2D eigenvalue weighted by molar-refractivity contribution is -0.132. The van der Waals surface area contributed by atoms with E-state index in [-0.39, 0.29) is 16.1 Å². The van der Waals surface area contributed by atoms with Gasteiger partial charge in [-0.3, -0.25) is 4.79 Å². The van der Waals surface area contributed by atoms with E-state index in [0.717, 1.165) is 23.9 Å². The summed E-state index contributed by atoms with van der Waals surface area (Å²) in [7, 11) is 1.29. The number of benzene rings is 3. The maximum Gasteiger partial charge on any atom is 0.337 e. The van der Waals surface area contributed by atoms with Crippen LogP contribution in [0, 0.1) is 0 Å². The zero-order valence-corrected chi connectivity index (χ0v) is 19.7. The number of aliphatic hydroxyl groups is 1. The summed E-state index contributed by atoms with van der Waals surface area (Å²) >= 11 is 6.62. The highest BCUT2D eigenvalue weighted by Gasteiger charge is 2.52. The van der Waals surface area contributed by atoms with Crippen molar-refractivity contribution in [2.24, 2.45) is 0 Å². The molecule has 0 radical (unpaired) electrons. The molecule has 1 N–H and O–H groups in total. The van der Waals surface area contributed by atoms with Crippen LogP contribution in [0.25, 0.3) is 10.8 Å². The summed E-state index contributed by atoms with van der Waals surface area (Å²) in [6.07, 6.45) is 0. The Morgan fingerprint density at radius 2 is 1.79 bits per heavy atom. The largest absolute Gasteiger partial charge is 0.465 e. The fraction of sp³-hybridized carbons (Fsp3) is 0.308. The Morgan fingerprint density at radius 3 is 2.45 bits per heavy atom. The Bertz CT molecular complexity index is 1220. The highest BCUT2D eigenvalue weighted by molar-refractivity contribution is 6.33. The van der Waals surface area contributed by atoms with Gasteiger partial charge < -0.3 is 19.6 Å². The maximum absolute atomic E-state index is 13.8. The van der Waals surface area contributed by atoms with Crippen LogP contribution in [0.3, 0.4) is 0 Å². The van der Waals surface area contributed by atoms with Gasteiger partial charge in [0.05, 0.1) is 23.4 Å². The van der Waals surface area contributed by atoms with Gasteiger partial charge >= 0.3 is 5.97 Å². The molecule has 1 unspecified atom stereocenters. The number of methoxy groups -OCH3 is 1. The number of anilines is 1. The second kappa shape index (κ2) is 9.14. The number of rotatable bonds is 7. The number of carbonyl (C=O) groups excluding carboxylic acids is 2. The number of likely N-dealkylation sites (N-methyl/N-ethyl adjacent to an activating group) is 1. The van der Waals surface area contributed by atoms with E-state index in [9.17, 15) is 14.7 Å². The summed E-state index contributed by atoms with van der Waals surface area (Å²) in [4.78, 5) is 29.7. The standard InChI is InChI=1S/C26H27ClN2O4/c1-4-28(5-2)12-13-29-22-16-19(24(30)33-3)15-21(27)23(22)26(32,25(29)31)20-11-10-17-8-6-7-9-18(17)14-20/h6-11,14-16,32H,4-5,12-13H2,1-3H3. The fourth-order valence-corrected chi connectivity index (χ4v) is 4.85. The van der Waals surface area contributed by atoms with E-state index in [2.05, 4.69) is 18.7 Å². The maximum atomic E-state index is 13.8. The SMILES string of the molecule is CCN(CC)CCN1C(=O)C(O)(c2ccc3ccccc3c2)c2c(Cl)cc(C(=O)OC)cc21. The van der Waals surface area contributed by atoms with Crippen LogP contribution >= 0.6 is 11.6 Å². The van der Waals surface area contributed by atoms with Crippen molar-refractivity contribution in [1.29, 1.82) is 0 Å². The molecule has 3 aromatic carbocycles. The third-order valence-electron chi connectivity index (χ3n) is 6.40. The molecule has 0 fully saturated rings. The highest BCUT2D eigenvalue weighted by atomic mass is 35.5. The predicted molar refractivity (Wildman–Crippen MR) is 130 cm³/mol. The molecule has 7 heteroatoms. The summed E-state index contributed by atoms with van der Waals surface area (Å²) in [5.41, 5.74) is -0.587. The molecule has 0 bridgehead atoms. The molecule has 0 aliphatic carbocycles. The van der Waals surface area contributed by atoms with Gasteiger partial charge in [-0.05, 0) is 47.6 Å². The van der Waals surface area contributed by atoms with E-state index in [1.54, 1.807) is 12.1 Å². The van der Waals surface area contributed by atoms with Crippen molar-refractivity contribution in [3.05, 3.63) is 76.3 Å². The lowest BCUT2D eigenvalue weighted by atomic mass is 9.86. The lowest BCUT2D eigenvalue weighted by Gasteiger charge is -2.26. The lowest BCUT2D eigenvalue weighted by Crippen LogP contribution is -2.44. The number of ether oxygens (including phenoxy) is 1. The first-order valence-corrected chi connectivity index (χ1v) is 11.4. The summed E-state index contributed by atoms with van der Waals surface area (Å²) in [5.74, 6) is -1.04. The number of halogens is 1. The van der Waals surface area contributed by atoms with Crippen LogP contribution in [0.5, 0.6) is 0 Å². The van der Waals surface area contributed by atoms with Crippen molar-refractivity contribution < 1.29 is 19.4 Å².